The zero-order valence-electron chi connectivity index (χ0n) is 12.8. The van der Waals surface area contributed by atoms with Gasteiger partial charge in [-0.25, -0.2) is 14.0 Å². The molecule has 0 fully saturated rings. The molecule has 0 heterocycles. The Hall–Kier alpha value is -1.96. The van der Waals surface area contributed by atoms with Gasteiger partial charge in [0.05, 0.1) is 5.56 Å². The van der Waals surface area contributed by atoms with Crippen LogP contribution in [0.2, 0.25) is 0 Å². The fourth-order valence-corrected chi connectivity index (χ4v) is 1.88. The number of carbonyl (C=O) groups excluding carboxylic acids is 3. The van der Waals surface area contributed by atoms with Crippen molar-refractivity contribution in [1.82, 2.24) is 10.6 Å². The lowest BCUT2D eigenvalue weighted by Gasteiger charge is -2.09. The number of rotatable bonds is 6. The number of ether oxygens (including phenoxy) is 1. The number of carbonyl (C=O) groups is 3. The molecule has 0 aliphatic heterocycles. The second-order valence-corrected chi connectivity index (χ2v) is 6.10. The van der Waals surface area contributed by atoms with E-state index in [2.05, 4.69) is 26.0 Å². The van der Waals surface area contributed by atoms with E-state index in [1.807, 2.05) is 19.2 Å². The first-order valence-electron chi connectivity index (χ1n) is 6.99. The molecule has 2 N–H and O–H groups in total. The fraction of sp³-hybridized carbons (Fsp3) is 0.400. The third kappa shape index (κ3) is 7.23. The van der Waals surface area contributed by atoms with Crippen LogP contribution in [0.15, 0.2) is 22.7 Å². The summed E-state index contributed by atoms with van der Waals surface area (Å²) < 4.78 is 18.7. The SMILES string of the molecule is CC(C)CCNC(=O)NC(=O)COC(=O)c1ccc(Br)cc1F. The van der Waals surface area contributed by atoms with Gasteiger partial charge in [-0.05, 0) is 30.5 Å². The van der Waals surface area contributed by atoms with Gasteiger partial charge in [0.25, 0.3) is 5.91 Å². The highest BCUT2D eigenvalue weighted by Crippen LogP contribution is 2.15. The molecule has 0 bridgehead atoms. The van der Waals surface area contributed by atoms with E-state index in [-0.39, 0.29) is 5.56 Å². The molecule has 0 aliphatic carbocycles. The first-order valence-corrected chi connectivity index (χ1v) is 7.78. The van der Waals surface area contributed by atoms with Gasteiger partial charge in [-0.2, -0.15) is 0 Å². The zero-order chi connectivity index (χ0) is 17.4. The number of amides is 3. The van der Waals surface area contributed by atoms with E-state index in [1.165, 1.54) is 12.1 Å². The summed E-state index contributed by atoms with van der Waals surface area (Å²) in [5.74, 6) is -2.12. The Balaban J connectivity index is 2.38. The molecule has 126 valence electrons. The molecule has 0 spiro atoms. The van der Waals surface area contributed by atoms with E-state index in [0.29, 0.717) is 16.9 Å². The lowest BCUT2D eigenvalue weighted by atomic mass is 10.1. The molecule has 3 amide bonds. The second-order valence-electron chi connectivity index (χ2n) is 5.19. The van der Waals surface area contributed by atoms with Crippen molar-refractivity contribution in [3.05, 3.63) is 34.1 Å². The molecule has 0 unspecified atom stereocenters. The third-order valence-corrected chi connectivity index (χ3v) is 3.24. The highest BCUT2D eigenvalue weighted by atomic mass is 79.9. The van der Waals surface area contributed by atoms with Crippen molar-refractivity contribution in [2.45, 2.75) is 20.3 Å². The topological polar surface area (TPSA) is 84.5 Å². The number of benzene rings is 1. The van der Waals surface area contributed by atoms with Gasteiger partial charge in [-0.15, -0.1) is 0 Å². The smallest absolute Gasteiger partial charge is 0.341 e. The predicted octanol–water partition coefficient (Wildman–Crippen LogP) is 2.62. The van der Waals surface area contributed by atoms with Crippen LogP contribution >= 0.6 is 15.9 Å². The number of hydrogen-bond acceptors (Lipinski definition) is 4. The molecule has 1 rings (SSSR count). The molecule has 0 atom stereocenters. The summed E-state index contributed by atoms with van der Waals surface area (Å²) >= 11 is 3.06. The average molecular weight is 389 g/mol. The monoisotopic (exact) mass is 388 g/mol. The minimum Gasteiger partial charge on any atom is -0.452 e. The molecule has 0 aliphatic rings. The molecular weight excluding hydrogens is 371 g/mol. The van der Waals surface area contributed by atoms with E-state index < -0.39 is 30.3 Å². The van der Waals surface area contributed by atoms with Gasteiger partial charge in [-0.3, -0.25) is 10.1 Å². The average Bonchev–Trinajstić information content (AvgIpc) is 2.44. The van der Waals surface area contributed by atoms with Gasteiger partial charge in [0.2, 0.25) is 0 Å². The highest BCUT2D eigenvalue weighted by molar-refractivity contribution is 9.10. The Bertz CT molecular complexity index is 593. The van der Waals surface area contributed by atoms with Crippen molar-refractivity contribution in [3.63, 3.8) is 0 Å². The summed E-state index contributed by atoms with van der Waals surface area (Å²) in [5.41, 5.74) is -0.289. The predicted molar refractivity (Wildman–Crippen MR) is 85.4 cm³/mol. The molecule has 1 aromatic rings. The number of imide groups is 1. The normalized spacial score (nSPS) is 10.3. The Morgan fingerprint density at radius 1 is 1.30 bits per heavy atom. The van der Waals surface area contributed by atoms with Crippen molar-refractivity contribution in [1.29, 1.82) is 0 Å². The molecule has 0 radical (unpaired) electrons. The lowest BCUT2D eigenvalue weighted by Crippen LogP contribution is -2.42. The number of hydrogen-bond donors (Lipinski definition) is 2. The quantitative estimate of drug-likeness (QED) is 0.733. The van der Waals surface area contributed by atoms with Gasteiger partial charge in [0.1, 0.15) is 5.82 Å². The van der Waals surface area contributed by atoms with Gasteiger partial charge < -0.3 is 10.1 Å². The molecule has 8 heteroatoms. The molecule has 0 saturated carbocycles. The number of nitrogens with one attached hydrogen (secondary N) is 2. The second kappa shape index (κ2) is 9.24. The maximum atomic E-state index is 13.5. The van der Waals surface area contributed by atoms with Gasteiger partial charge in [-0.1, -0.05) is 29.8 Å². The van der Waals surface area contributed by atoms with Crippen LogP contribution in [0.3, 0.4) is 0 Å². The lowest BCUT2D eigenvalue weighted by molar-refractivity contribution is -0.123. The standard InChI is InChI=1S/C15H18BrFN2O4/c1-9(2)5-6-18-15(22)19-13(20)8-23-14(21)11-4-3-10(16)7-12(11)17/h3-4,7,9H,5-6,8H2,1-2H3,(H2,18,19,20,22). The summed E-state index contributed by atoms with van der Waals surface area (Å²) in [6, 6.07) is 3.15. The van der Waals surface area contributed by atoms with Crippen LogP contribution < -0.4 is 10.6 Å². The summed E-state index contributed by atoms with van der Waals surface area (Å²) in [5, 5.41) is 4.52. The van der Waals surface area contributed by atoms with Crippen molar-refractivity contribution < 1.29 is 23.5 Å². The molecule has 23 heavy (non-hydrogen) atoms. The van der Waals surface area contributed by atoms with Crippen LogP contribution in [-0.2, 0) is 9.53 Å². The van der Waals surface area contributed by atoms with Crippen molar-refractivity contribution in [3.8, 4) is 0 Å². The third-order valence-electron chi connectivity index (χ3n) is 2.75. The summed E-state index contributed by atoms with van der Waals surface area (Å²) in [6.07, 6.45) is 0.777. The van der Waals surface area contributed by atoms with Crippen LogP contribution in [0.25, 0.3) is 0 Å². The fourth-order valence-electron chi connectivity index (χ4n) is 1.55. The molecule has 0 aromatic heterocycles. The van der Waals surface area contributed by atoms with Crippen molar-refractivity contribution in [2.75, 3.05) is 13.2 Å². The maximum absolute atomic E-state index is 13.5. The summed E-state index contributed by atoms with van der Waals surface area (Å²) in [6.45, 7) is 3.77. The number of urea groups is 1. The molecule has 1 aromatic carbocycles. The number of halogens is 2. The van der Waals surface area contributed by atoms with E-state index in [0.717, 1.165) is 12.5 Å². The van der Waals surface area contributed by atoms with Crippen LogP contribution in [0.5, 0.6) is 0 Å². The number of esters is 1. The largest absolute Gasteiger partial charge is 0.452 e. The van der Waals surface area contributed by atoms with Gasteiger partial charge >= 0.3 is 12.0 Å². The summed E-state index contributed by atoms with van der Waals surface area (Å²) in [4.78, 5) is 34.5. The van der Waals surface area contributed by atoms with Gasteiger partial charge in [0.15, 0.2) is 6.61 Å². The Kier molecular flexibility index (Phi) is 7.67. The Labute approximate surface area is 141 Å². The maximum Gasteiger partial charge on any atom is 0.341 e. The van der Waals surface area contributed by atoms with E-state index in [9.17, 15) is 18.8 Å². The first-order chi connectivity index (χ1) is 10.8. The minimum atomic E-state index is -0.981. The van der Waals surface area contributed by atoms with E-state index in [1.54, 1.807) is 0 Å². The van der Waals surface area contributed by atoms with Gasteiger partial charge in [0, 0.05) is 11.0 Å². The molecule has 6 nitrogen and oxygen atoms in total. The van der Waals surface area contributed by atoms with Crippen LogP contribution in [0.1, 0.15) is 30.6 Å². The van der Waals surface area contributed by atoms with Crippen molar-refractivity contribution >= 4 is 33.8 Å². The highest BCUT2D eigenvalue weighted by Gasteiger charge is 2.16. The first kappa shape index (κ1) is 19.1. The van der Waals surface area contributed by atoms with E-state index >= 15 is 0 Å². The zero-order valence-corrected chi connectivity index (χ0v) is 14.4. The van der Waals surface area contributed by atoms with Crippen LogP contribution in [0.4, 0.5) is 9.18 Å². The molecule has 0 saturated heterocycles. The van der Waals surface area contributed by atoms with Crippen LogP contribution in [-0.4, -0.2) is 31.1 Å². The Morgan fingerprint density at radius 3 is 2.61 bits per heavy atom. The minimum absolute atomic E-state index is 0.289. The van der Waals surface area contributed by atoms with Crippen molar-refractivity contribution in [2.24, 2.45) is 5.92 Å². The Morgan fingerprint density at radius 2 is 2.00 bits per heavy atom. The van der Waals surface area contributed by atoms with E-state index in [4.69, 9.17) is 0 Å². The van der Waals surface area contributed by atoms with Crippen LogP contribution in [0, 0.1) is 11.7 Å². The summed E-state index contributed by atoms with van der Waals surface area (Å²) in [7, 11) is 0. The molecular formula is C15H18BrFN2O4.